The van der Waals surface area contributed by atoms with Crippen LogP contribution >= 0.6 is 0 Å². The summed E-state index contributed by atoms with van der Waals surface area (Å²) in [5.74, 6) is 0.730. The van der Waals surface area contributed by atoms with Crippen molar-refractivity contribution in [2.75, 3.05) is 13.2 Å². The van der Waals surface area contributed by atoms with Gasteiger partial charge in [0, 0.05) is 13.2 Å². The van der Waals surface area contributed by atoms with E-state index < -0.39 is 0 Å². The molecule has 1 amide bonds. The Morgan fingerprint density at radius 1 is 1.37 bits per heavy atom. The summed E-state index contributed by atoms with van der Waals surface area (Å²) in [6.45, 7) is 9.81. The van der Waals surface area contributed by atoms with Crippen LogP contribution < -0.4 is 5.32 Å². The minimum atomic E-state index is -0.263. The summed E-state index contributed by atoms with van der Waals surface area (Å²) in [6.07, 6.45) is 4.59. The van der Waals surface area contributed by atoms with Crippen LogP contribution in [0.1, 0.15) is 53.4 Å². The van der Waals surface area contributed by atoms with E-state index in [1.54, 1.807) is 0 Å². The van der Waals surface area contributed by atoms with E-state index in [1.807, 2.05) is 18.7 Å². The predicted octanol–water partition coefficient (Wildman–Crippen LogP) is 2.14. The molecular weight excluding hydrogens is 240 g/mol. The van der Waals surface area contributed by atoms with Crippen LogP contribution in [0.5, 0.6) is 0 Å². The zero-order valence-corrected chi connectivity index (χ0v) is 12.7. The fraction of sp³-hybridized carbons (Fsp3) is 0.933. The molecule has 2 rings (SSSR count). The molecule has 2 unspecified atom stereocenters. The van der Waals surface area contributed by atoms with Crippen molar-refractivity contribution in [2.24, 2.45) is 5.92 Å². The number of nitrogens with zero attached hydrogens (tertiary/aromatic N) is 1. The van der Waals surface area contributed by atoms with Crippen molar-refractivity contribution >= 4 is 5.91 Å². The molecule has 1 spiro atoms. The van der Waals surface area contributed by atoms with Gasteiger partial charge >= 0.3 is 0 Å². The minimum absolute atomic E-state index is 0.105. The van der Waals surface area contributed by atoms with Gasteiger partial charge in [-0.15, -0.1) is 0 Å². The molecule has 1 aliphatic heterocycles. The molecule has 2 aliphatic rings. The van der Waals surface area contributed by atoms with Gasteiger partial charge in [-0.25, -0.2) is 0 Å². The van der Waals surface area contributed by atoms with Gasteiger partial charge in [0.05, 0.1) is 17.8 Å². The zero-order chi connectivity index (χ0) is 14.0. The maximum atomic E-state index is 12.8. The molecule has 1 heterocycles. The van der Waals surface area contributed by atoms with Crippen LogP contribution in [0.4, 0.5) is 0 Å². The third-order valence-electron chi connectivity index (χ3n) is 4.42. The second-order valence-electron chi connectivity index (χ2n) is 6.35. The highest BCUT2D eigenvalue weighted by molar-refractivity contribution is 5.89. The normalized spacial score (nSPS) is 27.7. The maximum absolute atomic E-state index is 12.8. The average molecular weight is 268 g/mol. The van der Waals surface area contributed by atoms with Gasteiger partial charge in [0.15, 0.2) is 0 Å². The van der Waals surface area contributed by atoms with Gasteiger partial charge in [-0.05, 0) is 32.6 Å². The summed E-state index contributed by atoms with van der Waals surface area (Å²) in [6, 6.07) is 0. The van der Waals surface area contributed by atoms with E-state index >= 15 is 0 Å². The molecule has 110 valence electrons. The van der Waals surface area contributed by atoms with Crippen molar-refractivity contribution in [1.82, 2.24) is 10.2 Å². The van der Waals surface area contributed by atoms with Crippen LogP contribution in [-0.2, 0) is 9.53 Å². The quantitative estimate of drug-likeness (QED) is 0.830. The van der Waals surface area contributed by atoms with Gasteiger partial charge in [0.25, 0.3) is 0 Å². The van der Waals surface area contributed by atoms with Gasteiger partial charge < -0.3 is 9.64 Å². The third-order valence-corrected chi connectivity index (χ3v) is 4.42. The first kappa shape index (κ1) is 14.8. The summed E-state index contributed by atoms with van der Waals surface area (Å²) in [7, 11) is 0. The van der Waals surface area contributed by atoms with Crippen LogP contribution in [0.15, 0.2) is 0 Å². The van der Waals surface area contributed by atoms with Crippen molar-refractivity contribution in [1.29, 1.82) is 0 Å². The van der Waals surface area contributed by atoms with Crippen molar-refractivity contribution in [3.05, 3.63) is 0 Å². The Hall–Kier alpha value is -0.610. The van der Waals surface area contributed by atoms with E-state index in [-0.39, 0.29) is 17.8 Å². The Bertz CT molecular complexity index is 324. The Kier molecular flexibility index (Phi) is 4.51. The topological polar surface area (TPSA) is 41.6 Å². The third kappa shape index (κ3) is 2.79. The first-order valence-electron chi connectivity index (χ1n) is 7.70. The van der Waals surface area contributed by atoms with E-state index in [0.29, 0.717) is 25.0 Å². The van der Waals surface area contributed by atoms with E-state index in [0.717, 1.165) is 12.8 Å². The van der Waals surface area contributed by atoms with Gasteiger partial charge in [-0.3, -0.25) is 10.1 Å². The largest absolute Gasteiger partial charge is 0.377 e. The van der Waals surface area contributed by atoms with Crippen molar-refractivity contribution in [2.45, 2.75) is 71.2 Å². The van der Waals surface area contributed by atoms with Crippen molar-refractivity contribution in [3.8, 4) is 0 Å². The maximum Gasteiger partial charge on any atom is 0.244 e. The smallest absolute Gasteiger partial charge is 0.244 e. The monoisotopic (exact) mass is 268 g/mol. The lowest BCUT2D eigenvalue weighted by Crippen LogP contribution is -2.46. The van der Waals surface area contributed by atoms with Crippen LogP contribution in [0.2, 0.25) is 0 Å². The number of carbonyl (C=O) groups excluding carboxylic acids is 1. The highest BCUT2D eigenvalue weighted by Gasteiger charge is 2.52. The first-order valence-corrected chi connectivity index (χ1v) is 7.70. The number of amides is 1. The van der Waals surface area contributed by atoms with E-state index in [2.05, 4.69) is 19.2 Å². The van der Waals surface area contributed by atoms with Gasteiger partial charge in [-0.1, -0.05) is 26.7 Å². The Labute approximate surface area is 116 Å². The molecule has 1 saturated carbocycles. The van der Waals surface area contributed by atoms with Crippen LogP contribution in [0, 0.1) is 5.92 Å². The standard InChI is InChI=1S/C15H28N2O2/c1-5-19-12(4)10-17-13(11(2)3)16-15(14(17)18)8-6-7-9-15/h11-13,16H,5-10H2,1-4H3. The summed E-state index contributed by atoms with van der Waals surface area (Å²) >= 11 is 0. The minimum Gasteiger partial charge on any atom is -0.377 e. The Morgan fingerprint density at radius 3 is 2.53 bits per heavy atom. The molecular formula is C15H28N2O2. The van der Waals surface area contributed by atoms with E-state index in [4.69, 9.17) is 4.74 Å². The molecule has 0 radical (unpaired) electrons. The summed E-state index contributed by atoms with van der Waals surface area (Å²) in [5.41, 5.74) is -0.263. The molecule has 2 atom stereocenters. The lowest BCUT2D eigenvalue weighted by Gasteiger charge is -2.29. The highest BCUT2D eigenvalue weighted by atomic mass is 16.5. The Balaban J connectivity index is 2.11. The second-order valence-corrected chi connectivity index (χ2v) is 6.35. The van der Waals surface area contributed by atoms with Crippen molar-refractivity contribution < 1.29 is 9.53 Å². The van der Waals surface area contributed by atoms with E-state index in [1.165, 1.54) is 12.8 Å². The SMILES string of the molecule is CCOC(C)CN1C(=O)C2(CCCC2)NC1C(C)C. The number of carbonyl (C=O) groups is 1. The number of nitrogens with one attached hydrogen (secondary N) is 1. The van der Waals surface area contributed by atoms with Crippen molar-refractivity contribution in [3.63, 3.8) is 0 Å². The molecule has 1 aliphatic carbocycles. The molecule has 0 aromatic rings. The number of rotatable bonds is 5. The molecule has 4 nitrogen and oxygen atoms in total. The fourth-order valence-electron chi connectivity index (χ4n) is 3.50. The lowest BCUT2D eigenvalue weighted by molar-refractivity contribution is -0.135. The average Bonchev–Trinajstić information content (AvgIpc) is 2.91. The fourth-order valence-corrected chi connectivity index (χ4v) is 3.50. The van der Waals surface area contributed by atoms with Gasteiger partial charge in [0.2, 0.25) is 5.91 Å². The van der Waals surface area contributed by atoms with Gasteiger partial charge in [0.1, 0.15) is 0 Å². The van der Waals surface area contributed by atoms with Gasteiger partial charge in [-0.2, -0.15) is 0 Å². The molecule has 1 N–H and O–H groups in total. The number of hydrogen-bond donors (Lipinski definition) is 1. The molecule has 0 aromatic heterocycles. The van der Waals surface area contributed by atoms with Crippen LogP contribution in [0.25, 0.3) is 0 Å². The van der Waals surface area contributed by atoms with Crippen LogP contribution in [-0.4, -0.2) is 41.8 Å². The number of ether oxygens (including phenoxy) is 1. The first-order chi connectivity index (χ1) is 9.00. The number of hydrogen-bond acceptors (Lipinski definition) is 3. The molecule has 4 heteroatoms. The van der Waals surface area contributed by atoms with E-state index in [9.17, 15) is 4.79 Å². The summed E-state index contributed by atoms with van der Waals surface area (Å²) in [4.78, 5) is 14.8. The molecule has 2 fully saturated rings. The van der Waals surface area contributed by atoms with Crippen LogP contribution in [0.3, 0.4) is 0 Å². The lowest BCUT2D eigenvalue weighted by atomic mass is 9.98. The molecule has 0 aromatic carbocycles. The molecule has 1 saturated heterocycles. The summed E-state index contributed by atoms with van der Waals surface area (Å²) in [5, 5.41) is 3.63. The predicted molar refractivity (Wildman–Crippen MR) is 75.8 cm³/mol. The molecule has 0 bridgehead atoms. The second kappa shape index (κ2) is 5.80. The molecule has 19 heavy (non-hydrogen) atoms. The Morgan fingerprint density at radius 2 is 2.00 bits per heavy atom. The highest BCUT2D eigenvalue weighted by Crippen LogP contribution is 2.37. The summed E-state index contributed by atoms with van der Waals surface area (Å²) < 4.78 is 5.61. The zero-order valence-electron chi connectivity index (χ0n) is 12.7.